The highest BCUT2D eigenvalue weighted by Crippen LogP contribution is 2.33. The van der Waals surface area contributed by atoms with E-state index >= 15 is 0 Å². The van der Waals surface area contributed by atoms with Gasteiger partial charge in [-0.3, -0.25) is 0 Å². The van der Waals surface area contributed by atoms with Crippen molar-refractivity contribution in [2.75, 3.05) is 19.8 Å². The SMILES string of the molecule is O=C1N[C@H](c2ccc3c(c2)OCCO3)CO1. The number of carbonyl (C=O) groups excluding carboxylic acids is 1. The molecule has 0 unspecified atom stereocenters. The number of carbonyl (C=O) groups is 1. The van der Waals surface area contributed by atoms with Crippen LogP contribution >= 0.6 is 0 Å². The maximum Gasteiger partial charge on any atom is 0.407 e. The molecule has 3 rings (SSSR count). The van der Waals surface area contributed by atoms with Crippen LogP contribution in [0.25, 0.3) is 0 Å². The Bertz CT molecular complexity index is 432. The van der Waals surface area contributed by atoms with Crippen molar-refractivity contribution >= 4 is 6.09 Å². The molecule has 0 aliphatic carbocycles. The zero-order chi connectivity index (χ0) is 11.0. The average Bonchev–Trinajstić information content (AvgIpc) is 2.75. The predicted molar refractivity (Wildman–Crippen MR) is 54.7 cm³/mol. The molecule has 0 aromatic heterocycles. The summed E-state index contributed by atoms with van der Waals surface area (Å²) in [6, 6.07) is 5.55. The summed E-state index contributed by atoms with van der Waals surface area (Å²) in [6.45, 7) is 1.50. The van der Waals surface area contributed by atoms with Gasteiger partial charge in [-0.25, -0.2) is 4.79 Å². The van der Waals surface area contributed by atoms with E-state index in [-0.39, 0.29) is 12.1 Å². The molecule has 5 heteroatoms. The van der Waals surface area contributed by atoms with Gasteiger partial charge in [-0.05, 0) is 17.7 Å². The monoisotopic (exact) mass is 221 g/mol. The quantitative estimate of drug-likeness (QED) is 0.775. The topological polar surface area (TPSA) is 56.8 Å². The van der Waals surface area contributed by atoms with Crippen LogP contribution in [0.4, 0.5) is 4.79 Å². The first-order valence-corrected chi connectivity index (χ1v) is 5.16. The average molecular weight is 221 g/mol. The van der Waals surface area contributed by atoms with Gasteiger partial charge < -0.3 is 19.5 Å². The lowest BCUT2D eigenvalue weighted by Gasteiger charge is -2.19. The largest absolute Gasteiger partial charge is 0.486 e. The summed E-state index contributed by atoms with van der Waals surface area (Å²) in [4.78, 5) is 10.9. The van der Waals surface area contributed by atoms with Crippen LogP contribution < -0.4 is 14.8 Å². The Balaban J connectivity index is 1.88. The first-order valence-electron chi connectivity index (χ1n) is 5.16. The Morgan fingerprint density at radius 3 is 2.69 bits per heavy atom. The number of hydrogen-bond acceptors (Lipinski definition) is 4. The van der Waals surface area contributed by atoms with Crippen LogP contribution in [0.5, 0.6) is 11.5 Å². The molecule has 5 nitrogen and oxygen atoms in total. The van der Waals surface area contributed by atoms with Gasteiger partial charge in [0.1, 0.15) is 19.8 Å². The molecule has 1 aromatic carbocycles. The summed E-state index contributed by atoms with van der Waals surface area (Å²) in [6.07, 6.45) is -0.375. The van der Waals surface area contributed by atoms with Gasteiger partial charge >= 0.3 is 6.09 Å². The number of fused-ring (bicyclic) bond motifs is 1. The number of hydrogen-bond donors (Lipinski definition) is 1. The van der Waals surface area contributed by atoms with E-state index < -0.39 is 0 Å². The number of nitrogens with one attached hydrogen (secondary N) is 1. The molecule has 0 bridgehead atoms. The van der Waals surface area contributed by atoms with Crippen molar-refractivity contribution in [3.05, 3.63) is 23.8 Å². The molecule has 16 heavy (non-hydrogen) atoms. The third-order valence-electron chi connectivity index (χ3n) is 2.64. The molecule has 1 atom stereocenters. The number of alkyl carbamates (subject to hydrolysis) is 1. The molecule has 2 aliphatic rings. The Kier molecular flexibility index (Phi) is 2.09. The molecular weight excluding hydrogens is 210 g/mol. The molecule has 1 saturated heterocycles. The number of cyclic esters (lactones) is 1. The second-order valence-electron chi connectivity index (χ2n) is 3.70. The van der Waals surface area contributed by atoms with E-state index in [4.69, 9.17) is 14.2 Å². The minimum Gasteiger partial charge on any atom is -0.486 e. The number of amides is 1. The lowest BCUT2D eigenvalue weighted by Crippen LogP contribution is -2.19. The fraction of sp³-hybridized carbons (Fsp3) is 0.364. The number of benzene rings is 1. The molecule has 1 aromatic rings. The van der Waals surface area contributed by atoms with Crippen molar-refractivity contribution in [1.82, 2.24) is 5.32 Å². The van der Waals surface area contributed by atoms with E-state index in [1.54, 1.807) is 0 Å². The summed E-state index contributed by atoms with van der Waals surface area (Å²) >= 11 is 0. The van der Waals surface area contributed by atoms with Crippen LogP contribution in [0.15, 0.2) is 18.2 Å². The Morgan fingerprint density at radius 1 is 1.12 bits per heavy atom. The highest BCUT2D eigenvalue weighted by molar-refractivity contribution is 5.70. The minimum absolute atomic E-state index is 0.0941. The fourth-order valence-electron chi connectivity index (χ4n) is 1.84. The minimum atomic E-state index is -0.375. The van der Waals surface area contributed by atoms with Crippen molar-refractivity contribution < 1.29 is 19.0 Å². The van der Waals surface area contributed by atoms with E-state index in [2.05, 4.69) is 5.32 Å². The predicted octanol–water partition coefficient (Wildman–Crippen LogP) is 1.24. The summed E-state index contributed by atoms with van der Waals surface area (Å²) in [5, 5.41) is 2.72. The van der Waals surface area contributed by atoms with E-state index in [0.29, 0.717) is 19.8 Å². The summed E-state index contributed by atoms with van der Waals surface area (Å²) < 4.78 is 15.7. The lowest BCUT2D eigenvalue weighted by molar-refractivity contribution is 0.171. The summed E-state index contributed by atoms with van der Waals surface area (Å²) in [5.74, 6) is 1.48. The molecule has 2 aliphatic heterocycles. The van der Waals surface area contributed by atoms with Crippen LogP contribution in [0.1, 0.15) is 11.6 Å². The summed E-state index contributed by atoms with van der Waals surface area (Å²) in [5.41, 5.74) is 0.968. The van der Waals surface area contributed by atoms with E-state index in [0.717, 1.165) is 17.1 Å². The van der Waals surface area contributed by atoms with Gasteiger partial charge in [0, 0.05) is 0 Å². The van der Waals surface area contributed by atoms with Gasteiger partial charge in [-0.15, -0.1) is 0 Å². The number of rotatable bonds is 1. The van der Waals surface area contributed by atoms with Gasteiger partial charge in [-0.1, -0.05) is 6.07 Å². The summed E-state index contributed by atoms with van der Waals surface area (Å²) in [7, 11) is 0. The molecular formula is C11H11NO4. The highest BCUT2D eigenvalue weighted by atomic mass is 16.6. The smallest absolute Gasteiger partial charge is 0.407 e. The zero-order valence-corrected chi connectivity index (χ0v) is 8.56. The number of ether oxygens (including phenoxy) is 3. The molecule has 2 heterocycles. The zero-order valence-electron chi connectivity index (χ0n) is 8.56. The molecule has 0 spiro atoms. The fourth-order valence-corrected chi connectivity index (χ4v) is 1.84. The maximum atomic E-state index is 10.9. The van der Waals surface area contributed by atoms with Gasteiger partial charge in [0.05, 0.1) is 6.04 Å². The van der Waals surface area contributed by atoms with Crippen molar-refractivity contribution in [3.8, 4) is 11.5 Å². The Labute approximate surface area is 92.3 Å². The standard InChI is InChI=1S/C11H11NO4/c13-11-12-8(6-16-11)7-1-2-9-10(5-7)15-4-3-14-9/h1-2,5,8H,3-4,6H2,(H,12,13)/t8-/m0/s1. The Hall–Kier alpha value is -1.91. The van der Waals surface area contributed by atoms with Gasteiger partial charge in [0.2, 0.25) is 0 Å². The van der Waals surface area contributed by atoms with Crippen molar-refractivity contribution in [3.63, 3.8) is 0 Å². The van der Waals surface area contributed by atoms with Crippen molar-refractivity contribution in [1.29, 1.82) is 0 Å². The van der Waals surface area contributed by atoms with Gasteiger partial charge in [0.25, 0.3) is 0 Å². The van der Waals surface area contributed by atoms with Crippen molar-refractivity contribution in [2.45, 2.75) is 6.04 Å². The van der Waals surface area contributed by atoms with Gasteiger partial charge in [-0.2, -0.15) is 0 Å². The second-order valence-corrected chi connectivity index (χ2v) is 3.70. The van der Waals surface area contributed by atoms with E-state index in [9.17, 15) is 4.79 Å². The maximum absolute atomic E-state index is 10.9. The van der Waals surface area contributed by atoms with E-state index in [1.165, 1.54) is 0 Å². The highest BCUT2D eigenvalue weighted by Gasteiger charge is 2.25. The molecule has 0 radical (unpaired) electrons. The second kappa shape index (κ2) is 3.59. The third-order valence-corrected chi connectivity index (χ3v) is 2.64. The molecule has 0 saturated carbocycles. The molecule has 1 amide bonds. The van der Waals surface area contributed by atoms with E-state index in [1.807, 2.05) is 18.2 Å². The Morgan fingerprint density at radius 2 is 1.94 bits per heavy atom. The van der Waals surface area contributed by atoms with Crippen LogP contribution in [0.3, 0.4) is 0 Å². The third kappa shape index (κ3) is 1.54. The van der Waals surface area contributed by atoms with Crippen LogP contribution in [0, 0.1) is 0 Å². The first-order chi connectivity index (χ1) is 7.83. The van der Waals surface area contributed by atoms with Crippen LogP contribution in [-0.4, -0.2) is 25.9 Å². The van der Waals surface area contributed by atoms with Crippen LogP contribution in [-0.2, 0) is 4.74 Å². The molecule has 84 valence electrons. The normalized spacial score (nSPS) is 22.5. The lowest BCUT2D eigenvalue weighted by atomic mass is 10.1. The van der Waals surface area contributed by atoms with Gasteiger partial charge in [0.15, 0.2) is 11.5 Å². The first kappa shape index (κ1) is 9.33. The molecule has 1 N–H and O–H groups in total. The molecule has 1 fully saturated rings. The van der Waals surface area contributed by atoms with Crippen LogP contribution in [0.2, 0.25) is 0 Å². The van der Waals surface area contributed by atoms with Crippen molar-refractivity contribution in [2.24, 2.45) is 0 Å².